The molecule has 1 heterocycles. The third-order valence-corrected chi connectivity index (χ3v) is 5.18. The SMILES string of the molecule is Cc1ccc(NS(=O)(=O)c2cccnc2C(N)=S)cc1Br. The van der Waals surface area contributed by atoms with Crippen molar-refractivity contribution in [3.8, 4) is 0 Å². The summed E-state index contributed by atoms with van der Waals surface area (Å²) in [5.41, 5.74) is 7.03. The topological polar surface area (TPSA) is 85.1 Å². The molecular formula is C13H12BrN3O2S2. The number of nitrogens with one attached hydrogen (secondary N) is 1. The van der Waals surface area contributed by atoms with E-state index in [0.717, 1.165) is 10.0 Å². The zero-order valence-corrected chi connectivity index (χ0v) is 14.2. The Hall–Kier alpha value is -1.51. The number of sulfonamides is 1. The summed E-state index contributed by atoms with van der Waals surface area (Å²) in [7, 11) is -3.82. The normalized spacial score (nSPS) is 11.1. The minimum atomic E-state index is -3.82. The highest BCUT2D eigenvalue weighted by Crippen LogP contribution is 2.23. The van der Waals surface area contributed by atoms with E-state index in [-0.39, 0.29) is 15.6 Å². The van der Waals surface area contributed by atoms with Gasteiger partial charge in [-0.3, -0.25) is 9.71 Å². The summed E-state index contributed by atoms with van der Waals surface area (Å²) in [6, 6.07) is 8.09. The summed E-state index contributed by atoms with van der Waals surface area (Å²) >= 11 is 8.20. The fraction of sp³-hybridized carbons (Fsp3) is 0.0769. The molecule has 0 aliphatic rings. The number of benzene rings is 1. The predicted molar refractivity (Wildman–Crippen MR) is 89.8 cm³/mol. The second-order valence-corrected chi connectivity index (χ2v) is 7.23. The van der Waals surface area contributed by atoms with Crippen LogP contribution in [0.15, 0.2) is 45.9 Å². The van der Waals surface area contributed by atoms with Gasteiger partial charge in [0.05, 0.1) is 0 Å². The highest BCUT2D eigenvalue weighted by molar-refractivity contribution is 9.10. The molecule has 110 valence electrons. The number of aryl methyl sites for hydroxylation is 1. The van der Waals surface area contributed by atoms with Gasteiger partial charge >= 0.3 is 0 Å². The van der Waals surface area contributed by atoms with E-state index >= 15 is 0 Å². The fourth-order valence-electron chi connectivity index (χ4n) is 1.66. The Morgan fingerprint density at radius 3 is 2.71 bits per heavy atom. The minimum absolute atomic E-state index is 0.0470. The quantitative estimate of drug-likeness (QED) is 0.789. The number of pyridine rings is 1. The van der Waals surface area contributed by atoms with Gasteiger partial charge in [0.2, 0.25) is 0 Å². The number of halogens is 1. The Bertz CT molecular complexity index is 807. The van der Waals surface area contributed by atoms with Gasteiger partial charge in [0, 0.05) is 16.4 Å². The van der Waals surface area contributed by atoms with Gasteiger partial charge in [0.1, 0.15) is 15.6 Å². The standard InChI is InChI=1S/C13H12BrN3O2S2/c1-8-4-5-9(7-10(8)14)17-21(18,19)11-3-2-6-16-12(11)13(15)20/h2-7,17H,1H3,(H2,15,20). The Morgan fingerprint density at radius 2 is 2.10 bits per heavy atom. The largest absolute Gasteiger partial charge is 0.388 e. The van der Waals surface area contributed by atoms with Gasteiger partial charge in [-0.1, -0.05) is 34.2 Å². The van der Waals surface area contributed by atoms with E-state index in [0.29, 0.717) is 5.69 Å². The van der Waals surface area contributed by atoms with E-state index in [1.807, 2.05) is 6.92 Å². The Kier molecular flexibility index (Phi) is 4.60. The third-order valence-electron chi connectivity index (χ3n) is 2.72. The first-order chi connectivity index (χ1) is 9.81. The van der Waals surface area contributed by atoms with Gasteiger partial charge in [0.15, 0.2) is 0 Å². The van der Waals surface area contributed by atoms with Crippen LogP contribution in [0.5, 0.6) is 0 Å². The van der Waals surface area contributed by atoms with Gasteiger partial charge in [-0.15, -0.1) is 0 Å². The summed E-state index contributed by atoms with van der Waals surface area (Å²) in [4.78, 5) is 3.81. The van der Waals surface area contributed by atoms with Crippen LogP contribution in [0.25, 0.3) is 0 Å². The number of nitrogens with zero attached hydrogens (tertiary/aromatic N) is 1. The van der Waals surface area contributed by atoms with Crippen molar-refractivity contribution >= 4 is 48.8 Å². The molecule has 5 nitrogen and oxygen atoms in total. The number of nitrogens with two attached hydrogens (primary N) is 1. The lowest BCUT2D eigenvalue weighted by Gasteiger charge is -2.11. The maximum atomic E-state index is 12.4. The molecule has 0 saturated carbocycles. The Balaban J connectivity index is 2.43. The average Bonchev–Trinajstić information content (AvgIpc) is 2.42. The molecule has 1 aromatic carbocycles. The monoisotopic (exact) mass is 385 g/mol. The van der Waals surface area contributed by atoms with Crippen LogP contribution >= 0.6 is 28.1 Å². The summed E-state index contributed by atoms with van der Waals surface area (Å²) in [5, 5.41) is 0. The summed E-state index contributed by atoms with van der Waals surface area (Å²) in [6.45, 7) is 1.91. The summed E-state index contributed by atoms with van der Waals surface area (Å²) in [5.74, 6) is 0. The highest BCUT2D eigenvalue weighted by atomic mass is 79.9. The number of hydrogen-bond acceptors (Lipinski definition) is 4. The number of hydrogen-bond donors (Lipinski definition) is 2. The van der Waals surface area contributed by atoms with Gasteiger partial charge in [0.25, 0.3) is 10.0 Å². The van der Waals surface area contributed by atoms with Crippen LogP contribution in [0.2, 0.25) is 0 Å². The number of aromatic nitrogens is 1. The first-order valence-corrected chi connectivity index (χ1v) is 8.53. The number of rotatable bonds is 4. The van der Waals surface area contributed by atoms with Crippen molar-refractivity contribution in [3.05, 3.63) is 52.3 Å². The van der Waals surface area contributed by atoms with E-state index in [9.17, 15) is 8.42 Å². The van der Waals surface area contributed by atoms with E-state index in [1.165, 1.54) is 18.3 Å². The molecule has 3 N–H and O–H groups in total. The molecule has 2 rings (SSSR count). The maximum Gasteiger partial charge on any atom is 0.264 e. The Morgan fingerprint density at radius 1 is 1.38 bits per heavy atom. The molecule has 0 unspecified atom stereocenters. The van der Waals surface area contributed by atoms with Gasteiger partial charge < -0.3 is 5.73 Å². The first kappa shape index (κ1) is 15.9. The van der Waals surface area contributed by atoms with Crippen molar-refractivity contribution in [2.45, 2.75) is 11.8 Å². The number of anilines is 1. The van der Waals surface area contributed by atoms with Crippen molar-refractivity contribution in [2.75, 3.05) is 4.72 Å². The van der Waals surface area contributed by atoms with Crippen molar-refractivity contribution in [1.29, 1.82) is 0 Å². The second kappa shape index (κ2) is 6.08. The van der Waals surface area contributed by atoms with Crippen LogP contribution in [-0.4, -0.2) is 18.4 Å². The van der Waals surface area contributed by atoms with Crippen LogP contribution in [0.4, 0.5) is 5.69 Å². The lowest BCUT2D eigenvalue weighted by Crippen LogP contribution is -2.21. The third kappa shape index (κ3) is 3.58. The van der Waals surface area contributed by atoms with Gasteiger partial charge in [-0.2, -0.15) is 0 Å². The lowest BCUT2D eigenvalue weighted by atomic mass is 10.2. The average molecular weight is 386 g/mol. The molecule has 0 spiro atoms. The minimum Gasteiger partial charge on any atom is -0.388 e. The molecule has 0 fully saturated rings. The van der Waals surface area contributed by atoms with E-state index < -0.39 is 10.0 Å². The van der Waals surface area contributed by atoms with Crippen molar-refractivity contribution in [3.63, 3.8) is 0 Å². The molecule has 0 aliphatic heterocycles. The fourth-order valence-corrected chi connectivity index (χ4v) is 3.49. The van der Waals surface area contributed by atoms with Crippen LogP contribution in [0.1, 0.15) is 11.3 Å². The van der Waals surface area contributed by atoms with Gasteiger partial charge in [-0.25, -0.2) is 8.42 Å². The molecule has 0 aliphatic carbocycles. The molecule has 0 amide bonds. The van der Waals surface area contributed by atoms with Crippen LogP contribution in [-0.2, 0) is 10.0 Å². The number of thiocarbonyl (C=S) groups is 1. The smallest absolute Gasteiger partial charge is 0.264 e. The maximum absolute atomic E-state index is 12.4. The van der Waals surface area contributed by atoms with E-state index in [1.54, 1.807) is 18.2 Å². The molecule has 0 saturated heterocycles. The summed E-state index contributed by atoms with van der Waals surface area (Å²) < 4.78 is 28.2. The molecule has 0 atom stereocenters. The highest BCUT2D eigenvalue weighted by Gasteiger charge is 2.20. The molecular weight excluding hydrogens is 374 g/mol. The van der Waals surface area contributed by atoms with E-state index in [2.05, 4.69) is 25.6 Å². The summed E-state index contributed by atoms with van der Waals surface area (Å²) in [6.07, 6.45) is 1.44. The van der Waals surface area contributed by atoms with Crippen molar-refractivity contribution < 1.29 is 8.42 Å². The zero-order chi connectivity index (χ0) is 15.6. The Labute approximate surface area is 136 Å². The predicted octanol–water partition coefficient (Wildman–Crippen LogP) is 2.59. The van der Waals surface area contributed by atoms with Gasteiger partial charge in [-0.05, 0) is 36.8 Å². The molecule has 0 radical (unpaired) electrons. The van der Waals surface area contributed by atoms with Crippen molar-refractivity contribution in [1.82, 2.24) is 4.98 Å². The van der Waals surface area contributed by atoms with Crippen LogP contribution < -0.4 is 10.5 Å². The molecule has 8 heteroatoms. The molecule has 1 aromatic heterocycles. The molecule has 2 aromatic rings. The molecule has 21 heavy (non-hydrogen) atoms. The second-order valence-electron chi connectivity index (χ2n) is 4.28. The molecule has 0 bridgehead atoms. The lowest BCUT2D eigenvalue weighted by molar-refractivity contribution is 0.600. The van der Waals surface area contributed by atoms with E-state index in [4.69, 9.17) is 18.0 Å². The van der Waals surface area contributed by atoms with Crippen molar-refractivity contribution in [2.24, 2.45) is 5.73 Å². The van der Waals surface area contributed by atoms with Crippen LogP contribution in [0, 0.1) is 6.92 Å². The van der Waals surface area contributed by atoms with Crippen LogP contribution in [0.3, 0.4) is 0 Å². The first-order valence-electron chi connectivity index (χ1n) is 5.85. The zero-order valence-electron chi connectivity index (χ0n) is 11.0.